The maximum absolute atomic E-state index is 5.67. The zero-order valence-corrected chi connectivity index (χ0v) is 6.68. The summed E-state index contributed by atoms with van der Waals surface area (Å²) in [5.74, 6) is 0.689. The third kappa shape index (κ3) is 0.843. The van der Waals surface area contributed by atoms with E-state index in [1.807, 2.05) is 11.9 Å². The number of aliphatic imine (C=N–C) groups is 3. The van der Waals surface area contributed by atoms with Crippen LogP contribution in [-0.4, -0.2) is 42.3 Å². The lowest BCUT2D eigenvalue weighted by Crippen LogP contribution is -2.47. The molecule has 2 aliphatic heterocycles. The van der Waals surface area contributed by atoms with Gasteiger partial charge in [-0.15, -0.1) is 0 Å². The lowest BCUT2D eigenvalue weighted by Gasteiger charge is -2.24. The fourth-order valence-corrected chi connectivity index (χ4v) is 1.37. The highest BCUT2D eigenvalue weighted by molar-refractivity contribution is 6.01. The van der Waals surface area contributed by atoms with Crippen molar-refractivity contribution in [2.24, 2.45) is 26.4 Å². The fourth-order valence-electron chi connectivity index (χ4n) is 1.37. The summed E-state index contributed by atoms with van der Waals surface area (Å²) < 4.78 is 0. The summed E-state index contributed by atoms with van der Waals surface area (Å²) in [5.41, 5.74) is 11.1. The highest BCUT2D eigenvalue weighted by atomic mass is 15.3. The number of hydrogen-bond donors (Lipinski definition) is 2. The van der Waals surface area contributed by atoms with Crippen LogP contribution in [0, 0.1) is 0 Å². The maximum atomic E-state index is 5.67. The highest BCUT2D eigenvalue weighted by Gasteiger charge is 2.34. The smallest absolute Gasteiger partial charge is 0.219 e. The van der Waals surface area contributed by atoms with Crippen molar-refractivity contribution < 1.29 is 0 Å². The average molecular weight is 166 g/mol. The molecule has 2 unspecified atom stereocenters. The molecule has 2 rings (SSSR count). The first-order chi connectivity index (χ1) is 5.68. The van der Waals surface area contributed by atoms with Crippen molar-refractivity contribution in [3.8, 4) is 0 Å². The van der Waals surface area contributed by atoms with Gasteiger partial charge >= 0.3 is 0 Å². The molecule has 6 nitrogen and oxygen atoms in total. The monoisotopic (exact) mass is 166 g/mol. The molecule has 0 saturated carbocycles. The third-order valence-corrected chi connectivity index (χ3v) is 1.93. The second kappa shape index (κ2) is 2.20. The number of fused-ring (bicyclic) bond motifs is 1. The van der Waals surface area contributed by atoms with Crippen LogP contribution in [0.5, 0.6) is 0 Å². The van der Waals surface area contributed by atoms with Crippen molar-refractivity contribution >= 4 is 18.1 Å². The van der Waals surface area contributed by atoms with Crippen LogP contribution in [-0.2, 0) is 0 Å². The van der Waals surface area contributed by atoms with E-state index in [2.05, 4.69) is 15.0 Å². The summed E-state index contributed by atoms with van der Waals surface area (Å²) in [6.07, 6.45) is 1.49. The van der Waals surface area contributed by atoms with Gasteiger partial charge in [0.25, 0.3) is 0 Å². The second-order valence-corrected chi connectivity index (χ2v) is 2.81. The van der Waals surface area contributed by atoms with Gasteiger partial charge in [-0.2, -0.15) is 4.99 Å². The molecule has 0 aliphatic carbocycles. The molecular formula is C6H10N6. The molecule has 0 aromatic rings. The molecule has 0 fully saturated rings. The van der Waals surface area contributed by atoms with Crippen LogP contribution in [0.1, 0.15) is 0 Å². The molecule has 0 bridgehead atoms. The summed E-state index contributed by atoms with van der Waals surface area (Å²) >= 11 is 0. The minimum Gasteiger partial charge on any atom is -0.385 e. The van der Waals surface area contributed by atoms with E-state index < -0.39 is 0 Å². The second-order valence-electron chi connectivity index (χ2n) is 2.81. The van der Waals surface area contributed by atoms with Crippen LogP contribution in [0.4, 0.5) is 0 Å². The van der Waals surface area contributed by atoms with Crippen LogP contribution in [0.25, 0.3) is 0 Å². The van der Waals surface area contributed by atoms with Gasteiger partial charge in [0.1, 0.15) is 11.9 Å². The van der Waals surface area contributed by atoms with E-state index in [1.165, 1.54) is 0 Å². The molecule has 0 aromatic heterocycles. The SMILES string of the molecule is CN1C=NC2N=C(N)N=C(N)C21. The van der Waals surface area contributed by atoms with Gasteiger partial charge in [0.05, 0.1) is 6.34 Å². The third-order valence-electron chi connectivity index (χ3n) is 1.93. The van der Waals surface area contributed by atoms with Crippen LogP contribution in [0.2, 0.25) is 0 Å². The van der Waals surface area contributed by atoms with Crippen molar-refractivity contribution in [1.29, 1.82) is 0 Å². The largest absolute Gasteiger partial charge is 0.385 e. The standard InChI is InChI=1S/C6H10N6/c1-12-2-9-5-3(12)4(7)10-6(8)11-5/h2-3,5H,1H3,(H4,7,8,10,11). The van der Waals surface area contributed by atoms with Crippen molar-refractivity contribution in [1.82, 2.24) is 4.90 Å². The average Bonchev–Trinajstić information content (AvgIpc) is 2.31. The Morgan fingerprint density at radius 3 is 3.00 bits per heavy atom. The predicted octanol–water partition coefficient (Wildman–Crippen LogP) is -1.66. The quantitative estimate of drug-likeness (QED) is 0.451. The molecule has 6 heteroatoms. The Labute approximate surface area is 69.7 Å². The van der Waals surface area contributed by atoms with Gasteiger partial charge in [-0.05, 0) is 0 Å². The summed E-state index contributed by atoms with van der Waals surface area (Å²) in [6, 6.07) is -0.0442. The number of guanidine groups is 1. The molecule has 0 aromatic carbocycles. The van der Waals surface area contributed by atoms with Gasteiger partial charge in [0.2, 0.25) is 5.96 Å². The Hall–Kier alpha value is -1.59. The molecule has 0 spiro atoms. The Balaban J connectivity index is 2.34. The van der Waals surface area contributed by atoms with E-state index in [4.69, 9.17) is 11.5 Å². The number of likely N-dealkylation sites (N-methyl/N-ethyl adjacent to an activating group) is 1. The van der Waals surface area contributed by atoms with Gasteiger partial charge in [-0.1, -0.05) is 0 Å². The van der Waals surface area contributed by atoms with Crippen LogP contribution in [0.3, 0.4) is 0 Å². The van der Waals surface area contributed by atoms with E-state index in [1.54, 1.807) is 6.34 Å². The fraction of sp³-hybridized carbons (Fsp3) is 0.500. The summed E-state index contributed by atoms with van der Waals surface area (Å²) in [6.45, 7) is 0. The van der Waals surface area contributed by atoms with Gasteiger partial charge < -0.3 is 16.4 Å². The van der Waals surface area contributed by atoms with Gasteiger partial charge in [-0.3, -0.25) is 0 Å². The molecule has 4 N–H and O–H groups in total. The number of nitrogens with zero attached hydrogens (tertiary/aromatic N) is 4. The first-order valence-electron chi connectivity index (χ1n) is 3.61. The van der Waals surface area contributed by atoms with Gasteiger partial charge in [0, 0.05) is 7.05 Å². The van der Waals surface area contributed by atoms with Crippen LogP contribution < -0.4 is 11.5 Å². The molecule has 2 aliphatic rings. The van der Waals surface area contributed by atoms with Crippen molar-refractivity contribution in [3.63, 3.8) is 0 Å². The number of amidine groups is 1. The highest BCUT2D eigenvalue weighted by Crippen LogP contribution is 2.16. The van der Waals surface area contributed by atoms with E-state index in [0.29, 0.717) is 5.84 Å². The number of nitrogens with two attached hydrogens (primary N) is 2. The van der Waals surface area contributed by atoms with Crippen molar-refractivity contribution in [2.45, 2.75) is 12.2 Å². The number of rotatable bonds is 0. The summed E-state index contributed by atoms with van der Waals surface area (Å²) in [4.78, 5) is 13.9. The summed E-state index contributed by atoms with van der Waals surface area (Å²) in [5, 5.41) is 0. The van der Waals surface area contributed by atoms with Crippen molar-refractivity contribution in [2.75, 3.05) is 7.05 Å². The van der Waals surface area contributed by atoms with Gasteiger partial charge in [-0.25, -0.2) is 9.98 Å². The number of hydrogen-bond acceptors (Lipinski definition) is 6. The first-order valence-corrected chi connectivity index (χ1v) is 3.61. The molecule has 0 radical (unpaired) electrons. The zero-order chi connectivity index (χ0) is 8.72. The maximum Gasteiger partial charge on any atom is 0.219 e. The molecule has 2 heterocycles. The van der Waals surface area contributed by atoms with Crippen LogP contribution >= 0.6 is 0 Å². The van der Waals surface area contributed by atoms with Crippen molar-refractivity contribution in [3.05, 3.63) is 0 Å². The van der Waals surface area contributed by atoms with E-state index in [9.17, 15) is 0 Å². The van der Waals surface area contributed by atoms with E-state index >= 15 is 0 Å². The Morgan fingerprint density at radius 1 is 1.50 bits per heavy atom. The van der Waals surface area contributed by atoms with E-state index in [0.717, 1.165) is 0 Å². The predicted molar refractivity (Wildman–Crippen MR) is 47.1 cm³/mol. The minimum absolute atomic E-state index is 0.0442. The lowest BCUT2D eigenvalue weighted by molar-refractivity contribution is 0.439. The zero-order valence-electron chi connectivity index (χ0n) is 6.68. The van der Waals surface area contributed by atoms with E-state index in [-0.39, 0.29) is 18.2 Å². The summed E-state index contributed by atoms with van der Waals surface area (Å²) in [7, 11) is 1.88. The van der Waals surface area contributed by atoms with Gasteiger partial charge in [0.15, 0.2) is 6.17 Å². The Morgan fingerprint density at radius 2 is 2.25 bits per heavy atom. The normalized spacial score (nSPS) is 32.9. The van der Waals surface area contributed by atoms with Crippen LogP contribution in [0.15, 0.2) is 15.0 Å². The molecule has 0 saturated heterocycles. The first kappa shape index (κ1) is 7.08. The molecule has 64 valence electrons. The Kier molecular flexibility index (Phi) is 1.30. The molecule has 12 heavy (non-hydrogen) atoms. The molecule has 0 amide bonds. The topological polar surface area (TPSA) is 92.4 Å². The Bertz CT molecular complexity index is 290. The molecule has 2 atom stereocenters. The molecular weight excluding hydrogens is 156 g/mol. The lowest BCUT2D eigenvalue weighted by atomic mass is 10.2. The minimum atomic E-state index is -0.201.